The first-order valence-corrected chi connectivity index (χ1v) is 8.77. The van der Waals surface area contributed by atoms with E-state index >= 15 is 0 Å². The van der Waals surface area contributed by atoms with Crippen LogP contribution in [0.5, 0.6) is 0 Å². The Kier molecular flexibility index (Phi) is 7.71. The van der Waals surface area contributed by atoms with Crippen LogP contribution in [0.25, 0.3) is 0 Å². The predicted octanol–water partition coefficient (Wildman–Crippen LogP) is 1.91. The highest BCUT2D eigenvalue weighted by atomic mass is 16.7. The van der Waals surface area contributed by atoms with Crippen molar-refractivity contribution in [1.29, 1.82) is 0 Å². The van der Waals surface area contributed by atoms with Gasteiger partial charge in [-0.15, -0.1) is 6.58 Å². The van der Waals surface area contributed by atoms with Crippen LogP contribution in [0.2, 0.25) is 0 Å². The number of rotatable bonds is 7. The highest BCUT2D eigenvalue weighted by Gasteiger charge is 2.51. The van der Waals surface area contributed by atoms with E-state index in [-0.39, 0.29) is 6.61 Å². The quantitative estimate of drug-likeness (QED) is 0.394. The molecule has 1 fully saturated rings. The average Bonchev–Trinajstić information content (AvgIpc) is 2.62. The smallest absolute Gasteiger partial charge is 0.305 e. The second-order valence-corrected chi connectivity index (χ2v) is 6.22. The van der Waals surface area contributed by atoms with Crippen molar-refractivity contribution in [2.75, 3.05) is 0 Å². The maximum absolute atomic E-state index is 11.6. The second-order valence-electron chi connectivity index (χ2n) is 6.22. The van der Waals surface area contributed by atoms with Crippen molar-refractivity contribution in [3.63, 3.8) is 0 Å². The molecule has 0 amide bonds. The summed E-state index contributed by atoms with van der Waals surface area (Å²) >= 11 is 0. The number of ether oxygens (including phenoxy) is 5. The number of carbonyl (C=O) groups excluding carboxylic acids is 3. The molecule has 28 heavy (non-hydrogen) atoms. The lowest BCUT2D eigenvalue weighted by Gasteiger charge is -2.43. The summed E-state index contributed by atoms with van der Waals surface area (Å²) in [5.74, 6) is -1.82. The van der Waals surface area contributed by atoms with E-state index in [1.165, 1.54) is 26.8 Å². The lowest BCUT2D eigenvalue weighted by molar-refractivity contribution is -0.293. The number of hydrogen-bond acceptors (Lipinski definition) is 8. The number of benzene rings is 1. The molecule has 0 bridgehead atoms. The van der Waals surface area contributed by atoms with Gasteiger partial charge in [0.25, 0.3) is 0 Å². The Morgan fingerprint density at radius 3 is 2.04 bits per heavy atom. The average molecular weight is 392 g/mol. The molecule has 0 aliphatic carbocycles. The molecule has 2 rings (SSSR count). The zero-order valence-corrected chi connectivity index (χ0v) is 16.0. The number of hydrogen-bond donors (Lipinski definition) is 0. The molecule has 1 heterocycles. The third kappa shape index (κ3) is 5.90. The summed E-state index contributed by atoms with van der Waals surface area (Å²) in [6, 6.07) is 9.28. The highest BCUT2D eigenvalue weighted by molar-refractivity contribution is 5.68. The Hall–Kier alpha value is -2.71. The molecule has 0 N–H and O–H groups in total. The molecule has 5 atom stereocenters. The van der Waals surface area contributed by atoms with Crippen LogP contribution in [0.15, 0.2) is 43.0 Å². The maximum atomic E-state index is 11.6. The van der Waals surface area contributed by atoms with E-state index < -0.39 is 48.6 Å². The van der Waals surface area contributed by atoms with Gasteiger partial charge in [-0.1, -0.05) is 36.4 Å². The molecular weight excluding hydrogens is 368 g/mol. The molecule has 0 radical (unpaired) electrons. The third-order valence-electron chi connectivity index (χ3n) is 3.93. The molecule has 8 nitrogen and oxygen atoms in total. The van der Waals surface area contributed by atoms with E-state index in [4.69, 9.17) is 23.7 Å². The predicted molar refractivity (Wildman–Crippen MR) is 96.8 cm³/mol. The Labute approximate surface area is 163 Å². The fourth-order valence-corrected chi connectivity index (χ4v) is 2.88. The SMILES string of the molecule is C=C[C@@H]1OC(OC(C)=O)[C@H](OC(C)=O)[C@@H](OCc2ccccc2)[C@@H]1OC(C)=O. The van der Waals surface area contributed by atoms with E-state index in [0.717, 1.165) is 5.56 Å². The van der Waals surface area contributed by atoms with Gasteiger partial charge in [0.1, 0.15) is 12.2 Å². The summed E-state index contributed by atoms with van der Waals surface area (Å²) in [4.78, 5) is 34.8. The summed E-state index contributed by atoms with van der Waals surface area (Å²) in [5.41, 5.74) is 0.858. The van der Waals surface area contributed by atoms with Crippen LogP contribution in [0.4, 0.5) is 0 Å². The van der Waals surface area contributed by atoms with Crippen molar-refractivity contribution in [2.45, 2.75) is 58.1 Å². The third-order valence-corrected chi connectivity index (χ3v) is 3.93. The normalized spacial score (nSPS) is 26.8. The fraction of sp³-hybridized carbons (Fsp3) is 0.450. The monoisotopic (exact) mass is 392 g/mol. The van der Waals surface area contributed by atoms with Gasteiger partial charge in [-0.3, -0.25) is 14.4 Å². The summed E-state index contributed by atoms with van der Waals surface area (Å²) in [7, 11) is 0. The molecule has 0 saturated carbocycles. The van der Waals surface area contributed by atoms with Crippen molar-refractivity contribution in [3.8, 4) is 0 Å². The van der Waals surface area contributed by atoms with Gasteiger partial charge in [-0.05, 0) is 5.56 Å². The van der Waals surface area contributed by atoms with Crippen molar-refractivity contribution < 1.29 is 38.1 Å². The Bertz CT molecular complexity index is 701. The van der Waals surface area contributed by atoms with Crippen LogP contribution in [-0.4, -0.2) is 48.6 Å². The van der Waals surface area contributed by atoms with Crippen molar-refractivity contribution >= 4 is 17.9 Å². The Balaban J connectivity index is 2.34. The topological polar surface area (TPSA) is 97.4 Å². The van der Waals surface area contributed by atoms with Crippen molar-refractivity contribution in [2.24, 2.45) is 0 Å². The van der Waals surface area contributed by atoms with Crippen molar-refractivity contribution in [3.05, 3.63) is 48.6 Å². The van der Waals surface area contributed by atoms with Gasteiger partial charge in [-0.2, -0.15) is 0 Å². The maximum Gasteiger partial charge on any atom is 0.305 e. The molecule has 1 saturated heterocycles. The molecule has 0 spiro atoms. The highest BCUT2D eigenvalue weighted by Crippen LogP contribution is 2.30. The molecule has 8 heteroatoms. The lowest BCUT2D eigenvalue weighted by atomic mass is 9.97. The van der Waals surface area contributed by atoms with E-state index in [2.05, 4.69) is 6.58 Å². The summed E-state index contributed by atoms with van der Waals surface area (Å²) < 4.78 is 27.5. The van der Waals surface area contributed by atoms with E-state index in [1.54, 1.807) is 0 Å². The molecule has 1 aliphatic rings. The first kappa shape index (κ1) is 21.6. The van der Waals surface area contributed by atoms with Gasteiger partial charge in [-0.25, -0.2) is 0 Å². The van der Waals surface area contributed by atoms with Gasteiger partial charge < -0.3 is 23.7 Å². The zero-order chi connectivity index (χ0) is 20.7. The van der Waals surface area contributed by atoms with Gasteiger partial charge in [0.05, 0.1) is 6.61 Å². The molecule has 1 aromatic rings. The molecule has 1 unspecified atom stereocenters. The Morgan fingerprint density at radius 2 is 1.50 bits per heavy atom. The number of esters is 3. The van der Waals surface area contributed by atoms with Crippen LogP contribution in [0, 0.1) is 0 Å². The van der Waals surface area contributed by atoms with Crippen LogP contribution in [0.3, 0.4) is 0 Å². The minimum Gasteiger partial charge on any atom is -0.456 e. The fourth-order valence-electron chi connectivity index (χ4n) is 2.88. The van der Waals surface area contributed by atoms with Gasteiger partial charge >= 0.3 is 17.9 Å². The van der Waals surface area contributed by atoms with E-state index in [0.29, 0.717) is 0 Å². The van der Waals surface area contributed by atoms with Crippen molar-refractivity contribution in [1.82, 2.24) is 0 Å². The molecule has 0 aromatic heterocycles. The summed E-state index contributed by atoms with van der Waals surface area (Å²) in [5, 5.41) is 0. The van der Waals surface area contributed by atoms with Crippen LogP contribution < -0.4 is 0 Å². The second kappa shape index (κ2) is 10.0. The molecule has 1 aliphatic heterocycles. The minimum atomic E-state index is -1.24. The zero-order valence-electron chi connectivity index (χ0n) is 16.0. The van der Waals surface area contributed by atoms with Gasteiger partial charge in [0.15, 0.2) is 12.2 Å². The standard InChI is InChI=1S/C20H24O8/c1-5-16-17(25-12(2)21)18(24-11-15-9-7-6-8-10-15)19(26-13(3)22)20(28-16)27-14(4)23/h5-10,16-20H,1,11H2,2-4H3/t16-,17+,18-,19+,20?/m0/s1. The first-order valence-electron chi connectivity index (χ1n) is 8.77. The van der Waals surface area contributed by atoms with E-state index in [9.17, 15) is 14.4 Å². The lowest BCUT2D eigenvalue weighted by Crippen LogP contribution is -2.61. The molecule has 152 valence electrons. The summed E-state index contributed by atoms with van der Waals surface area (Å²) in [6.07, 6.45) is -3.69. The Morgan fingerprint density at radius 1 is 0.929 bits per heavy atom. The molecule has 1 aromatic carbocycles. The van der Waals surface area contributed by atoms with Gasteiger partial charge in [0, 0.05) is 20.8 Å². The van der Waals surface area contributed by atoms with Crippen LogP contribution in [0.1, 0.15) is 26.3 Å². The first-order chi connectivity index (χ1) is 13.3. The van der Waals surface area contributed by atoms with E-state index in [1.807, 2.05) is 30.3 Å². The largest absolute Gasteiger partial charge is 0.456 e. The van der Waals surface area contributed by atoms with Crippen LogP contribution in [-0.2, 0) is 44.7 Å². The summed E-state index contributed by atoms with van der Waals surface area (Å²) in [6.45, 7) is 7.48. The minimum absolute atomic E-state index is 0.150. The molecular formula is C20H24O8. The number of carbonyl (C=O) groups is 3. The van der Waals surface area contributed by atoms with Gasteiger partial charge in [0.2, 0.25) is 6.29 Å². The van der Waals surface area contributed by atoms with Crippen LogP contribution >= 0.6 is 0 Å².